The molecule has 0 amide bonds. The number of hydrogen-bond donors (Lipinski definition) is 3. The molecule has 2 rings (SSSR count). The van der Waals surface area contributed by atoms with Gasteiger partial charge in [-0.25, -0.2) is 9.97 Å². The van der Waals surface area contributed by atoms with E-state index in [1.165, 1.54) is 6.33 Å². The summed E-state index contributed by atoms with van der Waals surface area (Å²) in [5, 5.41) is 14.0. The molecule has 4 N–H and O–H groups in total. The Hall–Kier alpha value is -1.36. The summed E-state index contributed by atoms with van der Waals surface area (Å²) in [6, 6.07) is 0. The lowest BCUT2D eigenvalue weighted by atomic mass is 9.71. The van der Waals surface area contributed by atoms with Crippen LogP contribution in [0.3, 0.4) is 0 Å². The first-order valence-corrected chi connectivity index (χ1v) is 7.79. The van der Waals surface area contributed by atoms with Crippen LogP contribution in [0.5, 0.6) is 0 Å². The molecule has 5 heteroatoms. The summed E-state index contributed by atoms with van der Waals surface area (Å²) in [5.41, 5.74) is 6.57. The third-order valence-corrected chi connectivity index (χ3v) is 4.61. The molecule has 0 atom stereocenters. The van der Waals surface area contributed by atoms with Gasteiger partial charge in [0.25, 0.3) is 0 Å². The van der Waals surface area contributed by atoms with Gasteiger partial charge in [-0.1, -0.05) is 27.7 Å². The number of aliphatic hydroxyl groups is 1. The average molecular weight is 292 g/mol. The Kier molecular flexibility index (Phi) is 4.42. The minimum Gasteiger partial charge on any atom is -0.388 e. The highest BCUT2D eigenvalue weighted by atomic mass is 16.3. The van der Waals surface area contributed by atoms with Crippen LogP contribution >= 0.6 is 0 Å². The first-order valence-electron chi connectivity index (χ1n) is 7.79. The van der Waals surface area contributed by atoms with Crippen molar-refractivity contribution in [1.29, 1.82) is 0 Å². The summed E-state index contributed by atoms with van der Waals surface area (Å²) in [5.74, 6) is 1.50. The summed E-state index contributed by atoms with van der Waals surface area (Å²) in [6.45, 7) is 9.18. The second-order valence-corrected chi connectivity index (χ2v) is 7.42. The highest BCUT2D eigenvalue weighted by molar-refractivity contribution is 5.56. The molecule has 1 saturated carbocycles. The van der Waals surface area contributed by atoms with E-state index in [9.17, 15) is 5.11 Å². The van der Waals surface area contributed by atoms with Gasteiger partial charge in [-0.15, -0.1) is 0 Å². The van der Waals surface area contributed by atoms with E-state index < -0.39 is 5.60 Å². The molecular weight excluding hydrogens is 264 g/mol. The zero-order chi connectivity index (χ0) is 15.7. The van der Waals surface area contributed by atoms with E-state index in [0.717, 1.165) is 37.1 Å². The molecule has 5 nitrogen and oxygen atoms in total. The number of nitrogens with two attached hydrogens (primary N) is 1. The van der Waals surface area contributed by atoms with Crippen LogP contribution < -0.4 is 11.1 Å². The molecule has 0 bridgehead atoms. The summed E-state index contributed by atoms with van der Waals surface area (Å²) < 4.78 is 0. The van der Waals surface area contributed by atoms with E-state index in [4.69, 9.17) is 5.73 Å². The monoisotopic (exact) mass is 292 g/mol. The van der Waals surface area contributed by atoms with Crippen molar-refractivity contribution in [3.63, 3.8) is 0 Å². The maximum Gasteiger partial charge on any atom is 0.135 e. The fraction of sp³-hybridized carbons (Fsp3) is 0.750. The second kappa shape index (κ2) is 5.79. The Morgan fingerprint density at radius 1 is 1.24 bits per heavy atom. The van der Waals surface area contributed by atoms with Crippen LogP contribution in [-0.2, 0) is 0 Å². The first kappa shape index (κ1) is 16.0. The van der Waals surface area contributed by atoms with Crippen LogP contribution in [0.25, 0.3) is 0 Å². The molecule has 1 aromatic heterocycles. The summed E-state index contributed by atoms with van der Waals surface area (Å²) in [6.07, 6.45) is 5.22. The van der Waals surface area contributed by atoms with Crippen molar-refractivity contribution in [2.45, 2.75) is 64.9 Å². The number of nitrogens with one attached hydrogen (secondary N) is 1. The minimum atomic E-state index is -0.649. The maximum atomic E-state index is 10.7. The van der Waals surface area contributed by atoms with E-state index in [0.29, 0.717) is 17.8 Å². The van der Waals surface area contributed by atoms with Gasteiger partial charge in [0.05, 0.1) is 5.60 Å². The zero-order valence-electron chi connectivity index (χ0n) is 13.6. The molecule has 21 heavy (non-hydrogen) atoms. The van der Waals surface area contributed by atoms with Crippen LogP contribution in [0.15, 0.2) is 6.33 Å². The van der Waals surface area contributed by atoms with Gasteiger partial charge in [0.15, 0.2) is 0 Å². The lowest BCUT2D eigenvalue weighted by Gasteiger charge is -2.40. The smallest absolute Gasteiger partial charge is 0.135 e. The Balaban J connectivity index is 2.05. The third kappa shape index (κ3) is 3.84. The molecule has 1 aromatic rings. The van der Waals surface area contributed by atoms with Gasteiger partial charge in [0.2, 0.25) is 0 Å². The number of rotatable bonds is 4. The molecule has 0 unspecified atom stereocenters. The van der Waals surface area contributed by atoms with Crippen molar-refractivity contribution in [2.24, 2.45) is 5.41 Å². The Morgan fingerprint density at radius 3 is 2.43 bits per heavy atom. The van der Waals surface area contributed by atoms with E-state index in [1.54, 1.807) is 0 Å². The highest BCUT2D eigenvalue weighted by Gasteiger charge is 2.36. The van der Waals surface area contributed by atoms with Crippen LogP contribution in [0.4, 0.5) is 11.6 Å². The second-order valence-electron chi connectivity index (χ2n) is 7.42. The van der Waals surface area contributed by atoms with Gasteiger partial charge in [0.1, 0.15) is 18.0 Å². The molecule has 0 saturated heterocycles. The highest BCUT2D eigenvalue weighted by Crippen LogP contribution is 2.40. The van der Waals surface area contributed by atoms with Gasteiger partial charge in [0, 0.05) is 12.1 Å². The maximum absolute atomic E-state index is 10.7. The fourth-order valence-corrected chi connectivity index (χ4v) is 2.94. The number of nitrogens with zero attached hydrogens (tertiary/aromatic N) is 2. The van der Waals surface area contributed by atoms with Gasteiger partial charge in [-0.3, -0.25) is 0 Å². The molecule has 0 aromatic carbocycles. The topological polar surface area (TPSA) is 84.1 Å². The standard InChI is InChI=1S/C16H28N4O/c1-11(2)12-13(17)19-10-20-14(12)18-9-16(21)7-5-15(3,4)6-8-16/h10-11,21H,5-9H2,1-4H3,(H3,17,18,19,20). The number of nitrogen functional groups attached to an aromatic ring is 1. The van der Waals surface area contributed by atoms with E-state index >= 15 is 0 Å². The van der Waals surface area contributed by atoms with E-state index in [1.807, 2.05) is 0 Å². The Morgan fingerprint density at radius 2 is 1.86 bits per heavy atom. The average Bonchev–Trinajstić information content (AvgIpc) is 2.40. The van der Waals surface area contributed by atoms with Crippen molar-refractivity contribution >= 4 is 11.6 Å². The lowest BCUT2D eigenvalue weighted by Crippen LogP contribution is -2.42. The van der Waals surface area contributed by atoms with Crippen molar-refractivity contribution < 1.29 is 5.11 Å². The molecule has 0 aliphatic heterocycles. The number of hydrogen-bond acceptors (Lipinski definition) is 5. The van der Waals surface area contributed by atoms with Crippen LogP contribution in [0.1, 0.15) is 64.9 Å². The van der Waals surface area contributed by atoms with Crippen molar-refractivity contribution in [3.8, 4) is 0 Å². The van der Waals surface area contributed by atoms with Crippen molar-refractivity contribution in [3.05, 3.63) is 11.9 Å². The molecular formula is C16H28N4O. The zero-order valence-corrected chi connectivity index (χ0v) is 13.6. The van der Waals surface area contributed by atoms with Gasteiger partial charge in [-0.2, -0.15) is 0 Å². The fourth-order valence-electron chi connectivity index (χ4n) is 2.94. The van der Waals surface area contributed by atoms with Crippen LogP contribution in [0.2, 0.25) is 0 Å². The van der Waals surface area contributed by atoms with E-state index in [2.05, 4.69) is 43.0 Å². The third-order valence-electron chi connectivity index (χ3n) is 4.61. The lowest BCUT2D eigenvalue weighted by molar-refractivity contribution is -0.0146. The SMILES string of the molecule is CC(C)c1c(N)ncnc1NCC1(O)CCC(C)(C)CC1. The largest absolute Gasteiger partial charge is 0.388 e. The Labute approximate surface area is 127 Å². The molecule has 1 aliphatic rings. The summed E-state index contributed by atoms with van der Waals surface area (Å²) in [7, 11) is 0. The molecule has 118 valence electrons. The van der Waals surface area contributed by atoms with Gasteiger partial charge >= 0.3 is 0 Å². The summed E-state index contributed by atoms with van der Waals surface area (Å²) >= 11 is 0. The Bertz CT molecular complexity index is 489. The summed E-state index contributed by atoms with van der Waals surface area (Å²) in [4.78, 5) is 8.35. The van der Waals surface area contributed by atoms with Crippen molar-refractivity contribution in [2.75, 3.05) is 17.6 Å². The quantitative estimate of drug-likeness (QED) is 0.794. The normalized spacial score (nSPS) is 20.5. The molecule has 1 heterocycles. The predicted molar refractivity (Wildman–Crippen MR) is 86.2 cm³/mol. The number of aromatic nitrogens is 2. The minimum absolute atomic E-state index is 0.244. The molecule has 1 aliphatic carbocycles. The van der Waals surface area contributed by atoms with E-state index in [-0.39, 0.29) is 5.92 Å². The van der Waals surface area contributed by atoms with Crippen LogP contribution in [0, 0.1) is 5.41 Å². The molecule has 0 spiro atoms. The predicted octanol–water partition coefficient (Wildman–Crippen LogP) is 2.93. The van der Waals surface area contributed by atoms with Crippen LogP contribution in [-0.4, -0.2) is 27.2 Å². The van der Waals surface area contributed by atoms with Gasteiger partial charge < -0.3 is 16.2 Å². The molecule has 0 radical (unpaired) electrons. The van der Waals surface area contributed by atoms with Gasteiger partial charge in [-0.05, 0) is 37.0 Å². The number of anilines is 2. The first-order chi connectivity index (χ1) is 9.72. The molecule has 1 fully saturated rings. The van der Waals surface area contributed by atoms with Crippen molar-refractivity contribution in [1.82, 2.24) is 9.97 Å².